The lowest BCUT2D eigenvalue weighted by Gasteiger charge is -2.04. The number of hydrogen-bond donors (Lipinski definition) is 1. The van der Waals surface area contributed by atoms with Crippen LogP contribution in [0.5, 0.6) is 5.75 Å². The van der Waals surface area contributed by atoms with Gasteiger partial charge >= 0.3 is 0 Å². The Morgan fingerprint density at radius 3 is 2.67 bits per heavy atom. The van der Waals surface area contributed by atoms with Gasteiger partial charge in [-0.3, -0.25) is 0 Å². The molecule has 0 heterocycles. The maximum absolute atomic E-state index is 9.27. The quantitative estimate of drug-likeness (QED) is 0.708. The normalized spacial score (nSPS) is 9.83. The molecule has 0 aromatic heterocycles. The summed E-state index contributed by atoms with van der Waals surface area (Å²) in [7, 11) is 0. The first-order valence-corrected chi connectivity index (χ1v) is 4.13. The highest BCUT2D eigenvalue weighted by atomic mass is 16.3. The molecule has 1 heteroatoms. The zero-order chi connectivity index (χ0) is 9.14. The predicted molar refractivity (Wildman–Crippen MR) is 52.2 cm³/mol. The molecule has 12 heavy (non-hydrogen) atoms. The molecule has 0 radical (unpaired) electrons. The van der Waals surface area contributed by atoms with E-state index in [-0.39, 0.29) is 0 Å². The second-order valence-corrected chi connectivity index (χ2v) is 2.96. The van der Waals surface area contributed by atoms with Crippen molar-refractivity contribution in [2.24, 2.45) is 0 Å². The number of aryl methyl sites for hydroxylation is 1. The lowest BCUT2D eigenvalue weighted by atomic mass is 10.0. The van der Waals surface area contributed by atoms with Crippen LogP contribution in [0.2, 0.25) is 0 Å². The summed E-state index contributed by atoms with van der Waals surface area (Å²) in [6.07, 6.45) is 0.949. The number of phenolic OH excluding ortho intramolecular Hbond substituents is 1. The van der Waals surface area contributed by atoms with Gasteiger partial charge in [-0.05, 0) is 42.2 Å². The summed E-state index contributed by atoms with van der Waals surface area (Å²) in [6, 6.07) is 5.57. The molecule has 1 N–H and O–H groups in total. The minimum Gasteiger partial charge on any atom is -0.508 e. The first-order chi connectivity index (χ1) is 5.65. The van der Waals surface area contributed by atoms with Crippen molar-refractivity contribution in [3.05, 3.63) is 35.9 Å². The average molecular weight is 162 g/mol. The summed E-state index contributed by atoms with van der Waals surface area (Å²) in [4.78, 5) is 0. The zero-order valence-corrected chi connectivity index (χ0v) is 7.59. The van der Waals surface area contributed by atoms with Crippen LogP contribution in [0.1, 0.15) is 24.5 Å². The van der Waals surface area contributed by atoms with E-state index in [1.165, 1.54) is 0 Å². The van der Waals surface area contributed by atoms with Crippen LogP contribution in [-0.2, 0) is 0 Å². The van der Waals surface area contributed by atoms with Gasteiger partial charge in [0, 0.05) is 0 Å². The molecule has 0 bridgehead atoms. The summed E-state index contributed by atoms with van der Waals surface area (Å²) >= 11 is 0. The minimum atomic E-state index is 0.350. The van der Waals surface area contributed by atoms with Crippen LogP contribution in [0.4, 0.5) is 0 Å². The van der Waals surface area contributed by atoms with E-state index in [1.54, 1.807) is 6.07 Å². The zero-order valence-electron chi connectivity index (χ0n) is 7.59. The van der Waals surface area contributed by atoms with Gasteiger partial charge in [-0.15, -0.1) is 0 Å². The van der Waals surface area contributed by atoms with E-state index in [4.69, 9.17) is 0 Å². The molecule has 0 spiro atoms. The van der Waals surface area contributed by atoms with Gasteiger partial charge in [-0.25, -0.2) is 0 Å². The van der Waals surface area contributed by atoms with Crippen LogP contribution in [0.15, 0.2) is 24.8 Å². The summed E-state index contributed by atoms with van der Waals surface area (Å²) < 4.78 is 0. The Morgan fingerprint density at radius 1 is 1.50 bits per heavy atom. The van der Waals surface area contributed by atoms with Gasteiger partial charge in [0.15, 0.2) is 0 Å². The van der Waals surface area contributed by atoms with E-state index in [1.807, 2.05) is 19.1 Å². The Hall–Kier alpha value is -1.24. The molecule has 1 aromatic rings. The van der Waals surface area contributed by atoms with Crippen molar-refractivity contribution in [2.75, 3.05) is 0 Å². The minimum absolute atomic E-state index is 0.350. The smallest absolute Gasteiger partial charge is 0.118 e. The SMILES string of the molecule is C=C(CC)c1ccc(O)c(C)c1. The molecule has 1 nitrogen and oxygen atoms in total. The standard InChI is InChI=1S/C11H14O/c1-4-8(2)10-5-6-11(12)9(3)7-10/h5-7,12H,2,4H2,1,3H3. The Balaban J connectivity index is 3.05. The van der Waals surface area contributed by atoms with Crippen molar-refractivity contribution in [2.45, 2.75) is 20.3 Å². The predicted octanol–water partition coefficient (Wildman–Crippen LogP) is 3.12. The van der Waals surface area contributed by atoms with E-state index in [0.29, 0.717) is 5.75 Å². The third-order valence-corrected chi connectivity index (χ3v) is 2.03. The highest BCUT2D eigenvalue weighted by Gasteiger charge is 1.99. The molecule has 0 atom stereocenters. The first-order valence-electron chi connectivity index (χ1n) is 4.13. The molecule has 1 rings (SSSR count). The van der Waals surface area contributed by atoms with Crippen molar-refractivity contribution in [3.63, 3.8) is 0 Å². The van der Waals surface area contributed by atoms with Crippen molar-refractivity contribution in [1.82, 2.24) is 0 Å². The lowest BCUT2D eigenvalue weighted by molar-refractivity contribution is 0.471. The van der Waals surface area contributed by atoms with Gasteiger partial charge in [0.1, 0.15) is 5.75 Å². The molecule has 0 saturated carbocycles. The second-order valence-electron chi connectivity index (χ2n) is 2.96. The summed E-state index contributed by atoms with van der Waals surface area (Å²) in [5, 5.41) is 9.27. The van der Waals surface area contributed by atoms with Crippen molar-refractivity contribution in [1.29, 1.82) is 0 Å². The fourth-order valence-corrected chi connectivity index (χ4v) is 1.08. The molecular formula is C11H14O. The average Bonchev–Trinajstić information content (AvgIpc) is 2.08. The van der Waals surface area contributed by atoms with Gasteiger partial charge < -0.3 is 5.11 Å². The highest BCUT2D eigenvalue weighted by molar-refractivity contribution is 5.64. The van der Waals surface area contributed by atoms with Gasteiger partial charge in [0.2, 0.25) is 0 Å². The Morgan fingerprint density at radius 2 is 2.17 bits per heavy atom. The number of hydrogen-bond acceptors (Lipinski definition) is 1. The maximum Gasteiger partial charge on any atom is 0.118 e. The summed E-state index contributed by atoms with van der Waals surface area (Å²) in [6.45, 7) is 7.90. The van der Waals surface area contributed by atoms with Crippen LogP contribution in [0.3, 0.4) is 0 Å². The largest absolute Gasteiger partial charge is 0.508 e. The number of benzene rings is 1. The third kappa shape index (κ3) is 1.67. The molecule has 0 aliphatic rings. The molecule has 1 aromatic carbocycles. The fraction of sp³-hybridized carbons (Fsp3) is 0.273. The van der Waals surface area contributed by atoms with Gasteiger partial charge in [-0.1, -0.05) is 19.6 Å². The fourth-order valence-electron chi connectivity index (χ4n) is 1.08. The van der Waals surface area contributed by atoms with Gasteiger partial charge in [0.05, 0.1) is 0 Å². The molecule has 0 fully saturated rings. The Kier molecular flexibility index (Phi) is 2.54. The molecular weight excluding hydrogens is 148 g/mol. The number of aromatic hydroxyl groups is 1. The molecule has 0 aliphatic heterocycles. The van der Waals surface area contributed by atoms with E-state index in [0.717, 1.165) is 23.1 Å². The Labute approximate surface area is 73.4 Å². The third-order valence-electron chi connectivity index (χ3n) is 2.03. The number of phenols is 1. The van der Waals surface area contributed by atoms with Crippen molar-refractivity contribution < 1.29 is 5.11 Å². The maximum atomic E-state index is 9.27. The van der Waals surface area contributed by atoms with Crippen molar-refractivity contribution >= 4 is 5.57 Å². The lowest BCUT2D eigenvalue weighted by Crippen LogP contribution is -1.82. The molecule has 0 amide bonds. The molecule has 0 saturated heterocycles. The van der Waals surface area contributed by atoms with Crippen molar-refractivity contribution in [3.8, 4) is 5.75 Å². The van der Waals surface area contributed by atoms with E-state index in [2.05, 4.69) is 13.5 Å². The van der Waals surface area contributed by atoms with E-state index < -0.39 is 0 Å². The molecule has 0 unspecified atom stereocenters. The van der Waals surface area contributed by atoms with E-state index >= 15 is 0 Å². The van der Waals surface area contributed by atoms with E-state index in [9.17, 15) is 5.11 Å². The van der Waals surface area contributed by atoms with Gasteiger partial charge in [0.25, 0.3) is 0 Å². The summed E-state index contributed by atoms with van der Waals surface area (Å²) in [5.41, 5.74) is 3.13. The van der Waals surface area contributed by atoms with Gasteiger partial charge in [-0.2, -0.15) is 0 Å². The molecule has 64 valence electrons. The first kappa shape index (κ1) is 8.85. The van der Waals surface area contributed by atoms with Crippen LogP contribution >= 0.6 is 0 Å². The monoisotopic (exact) mass is 162 g/mol. The highest BCUT2D eigenvalue weighted by Crippen LogP contribution is 2.22. The van der Waals surface area contributed by atoms with Crippen LogP contribution in [-0.4, -0.2) is 5.11 Å². The Bertz CT molecular complexity index is 300. The second kappa shape index (κ2) is 3.44. The topological polar surface area (TPSA) is 20.2 Å². The summed E-state index contributed by atoms with van der Waals surface area (Å²) in [5.74, 6) is 0.350. The number of rotatable bonds is 2. The van der Waals surface area contributed by atoms with Crippen LogP contribution in [0, 0.1) is 6.92 Å². The number of allylic oxidation sites excluding steroid dienone is 1. The molecule has 0 aliphatic carbocycles. The van der Waals surface area contributed by atoms with Crippen LogP contribution < -0.4 is 0 Å². The van der Waals surface area contributed by atoms with Crippen LogP contribution in [0.25, 0.3) is 5.57 Å².